The molecule has 0 saturated carbocycles. The molecule has 24 heavy (non-hydrogen) atoms. The molecule has 0 bridgehead atoms. The van der Waals surface area contributed by atoms with Crippen LogP contribution in [0.5, 0.6) is 5.75 Å². The highest BCUT2D eigenvalue weighted by Crippen LogP contribution is 2.16. The number of carbonyl (C=O) groups is 2. The quantitative estimate of drug-likeness (QED) is 0.654. The highest BCUT2D eigenvalue weighted by molar-refractivity contribution is 5.94. The molecule has 2 aromatic carbocycles. The van der Waals surface area contributed by atoms with Gasteiger partial charge in [0.2, 0.25) is 0 Å². The van der Waals surface area contributed by atoms with Gasteiger partial charge in [-0.3, -0.25) is 4.79 Å². The van der Waals surface area contributed by atoms with Gasteiger partial charge in [0.25, 0.3) is 5.91 Å². The molecule has 1 amide bonds. The molecule has 0 fully saturated rings. The van der Waals surface area contributed by atoms with Gasteiger partial charge in [-0.15, -0.1) is 0 Å². The maximum atomic E-state index is 11.8. The Balaban J connectivity index is 1.81. The summed E-state index contributed by atoms with van der Waals surface area (Å²) in [5.41, 5.74) is 2.57. The normalized spacial score (nSPS) is 10.4. The zero-order valence-corrected chi connectivity index (χ0v) is 13.6. The van der Waals surface area contributed by atoms with Gasteiger partial charge in [-0.1, -0.05) is 35.9 Å². The largest absolute Gasteiger partial charge is 0.497 e. The van der Waals surface area contributed by atoms with E-state index >= 15 is 0 Å². The molecule has 0 aliphatic heterocycles. The lowest BCUT2D eigenvalue weighted by molar-refractivity contribution is -0.142. The van der Waals surface area contributed by atoms with Gasteiger partial charge in [-0.2, -0.15) is 0 Å². The van der Waals surface area contributed by atoms with Crippen LogP contribution in [-0.4, -0.2) is 25.6 Å². The zero-order chi connectivity index (χ0) is 17.4. The van der Waals surface area contributed by atoms with Crippen molar-refractivity contribution in [2.75, 3.05) is 19.0 Å². The average Bonchev–Trinajstić information content (AvgIpc) is 2.58. The molecule has 5 nitrogen and oxygen atoms in total. The molecule has 2 rings (SSSR count). The summed E-state index contributed by atoms with van der Waals surface area (Å²) in [7, 11) is 1.54. The van der Waals surface area contributed by atoms with Crippen molar-refractivity contribution >= 4 is 23.6 Å². The molecule has 0 aromatic heterocycles. The van der Waals surface area contributed by atoms with Crippen LogP contribution >= 0.6 is 0 Å². The van der Waals surface area contributed by atoms with Crippen molar-refractivity contribution in [1.82, 2.24) is 0 Å². The third kappa shape index (κ3) is 5.61. The number of aryl methyl sites for hydroxylation is 1. The first kappa shape index (κ1) is 17.3. The maximum absolute atomic E-state index is 11.8. The van der Waals surface area contributed by atoms with E-state index in [4.69, 9.17) is 9.47 Å². The van der Waals surface area contributed by atoms with Crippen molar-refractivity contribution in [2.45, 2.75) is 6.92 Å². The number of methoxy groups -OCH3 is 1. The highest BCUT2D eigenvalue weighted by atomic mass is 16.5. The van der Waals surface area contributed by atoms with Crippen molar-refractivity contribution in [3.63, 3.8) is 0 Å². The van der Waals surface area contributed by atoms with Crippen LogP contribution in [-0.2, 0) is 14.3 Å². The minimum Gasteiger partial charge on any atom is -0.497 e. The van der Waals surface area contributed by atoms with Crippen molar-refractivity contribution in [1.29, 1.82) is 0 Å². The summed E-state index contributed by atoms with van der Waals surface area (Å²) in [5, 5.41) is 2.63. The first-order valence-corrected chi connectivity index (χ1v) is 7.42. The molecular formula is C19H19NO4. The number of anilines is 1. The van der Waals surface area contributed by atoms with Crippen molar-refractivity contribution in [3.8, 4) is 5.75 Å². The molecule has 2 aromatic rings. The van der Waals surface area contributed by atoms with Gasteiger partial charge in [-0.25, -0.2) is 4.79 Å². The van der Waals surface area contributed by atoms with E-state index in [1.807, 2.05) is 31.2 Å². The van der Waals surface area contributed by atoms with Gasteiger partial charge in [0.15, 0.2) is 6.61 Å². The number of nitrogens with one attached hydrogen (secondary N) is 1. The number of hydrogen-bond donors (Lipinski definition) is 1. The average molecular weight is 325 g/mol. The summed E-state index contributed by atoms with van der Waals surface area (Å²) in [6.07, 6.45) is 2.95. The minimum atomic E-state index is -0.572. The fourth-order valence-electron chi connectivity index (χ4n) is 2.02. The smallest absolute Gasteiger partial charge is 0.331 e. The molecule has 0 heterocycles. The Morgan fingerprint density at radius 2 is 1.92 bits per heavy atom. The summed E-state index contributed by atoms with van der Waals surface area (Å²) in [4.78, 5) is 23.4. The van der Waals surface area contributed by atoms with Gasteiger partial charge in [0.1, 0.15) is 5.75 Å². The highest BCUT2D eigenvalue weighted by Gasteiger charge is 2.06. The fourth-order valence-corrected chi connectivity index (χ4v) is 2.02. The molecule has 0 unspecified atom stereocenters. The van der Waals surface area contributed by atoms with Crippen LogP contribution < -0.4 is 10.1 Å². The Hall–Kier alpha value is -3.08. The van der Waals surface area contributed by atoms with Crippen LogP contribution in [0.4, 0.5) is 5.69 Å². The van der Waals surface area contributed by atoms with E-state index in [-0.39, 0.29) is 6.61 Å². The second-order valence-electron chi connectivity index (χ2n) is 5.14. The maximum Gasteiger partial charge on any atom is 0.331 e. The van der Waals surface area contributed by atoms with Crippen LogP contribution in [0, 0.1) is 6.92 Å². The van der Waals surface area contributed by atoms with Crippen molar-refractivity contribution < 1.29 is 19.1 Å². The lowest BCUT2D eigenvalue weighted by Gasteiger charge is -2.07. The number of hydrogen-bond acceptors (Lipinski definition) is 4. The molecule has 124 valence electrons. The van der Waals surface area contributed by atoms with E-state index in [1.165, 1.54) is 6.08 Å². The first-order chi connectivity index (χ1) is 11.6. The second kappa shape index (κ2) is 8.53. The van der Waals surface area contributed by atoms with E-state index in [2.05, 4.69) is 5.32 Å². The molecule has 0 spiro atoms. The molecular weight excluding hydrogens is 306 g/mol. The summed E-state index contributed by atoms with van der Waals surface area (Å²) in [6, 6.07) is 14.6. The zero-order valence-electron chi connectivity index (χ0n) is 13.6. The number of carbonyl (C=O) groups excluding carboxylic acids is 2. The van der Waals surface area contributed by atoms with E-state index in [9.17, 15) is 9.59 Å². The van der Waals surface area contributed by atoms with Crippen LogP contribution in [0.2, 0.25) is 0 Å². The lowest BCUT2D eigenvalue weighted by Crippen LogP contribution is -2.20. The fraction of sp³-hybridized carbons (Fsp3) is 0.158. The third-order valence-corrected chi connectivity index (χ3v) is 3.15. The van der Waals surface area contributed by atoms with Crippen LogP contribution in [0.15, 0.2) is 54.6 Å². The third-order valence-electron chi connectivity index (χ3n) is 3.15. The predicted octanol–water partition coefficient (Wildman–Crippen LogP) is 3.20. The van der Waals surface area contributed by atoms with E-state index < -0.39 is 11.9 Å². The van der Waals surface area contributed by atoms with Crippen molar-refractivity contribution in [2.24, 2.45) is 0 Å². The molecule has 0 saturated heterocycles. The second-order valence-corrected chi connectivity index (χ2v) is 5.14. The molecule has 0 radical (unpaired) electrons. The monoisotopic (exact) mass is 325 g/mol. The number of ether oxygens (including phenoxy) is 2. The molecule has 0 aliphatic carbocycles. The van der Waals surface area contributed by atoms with E-state index in [0.717, 1.165) is 11.1 Å². The molecule has 1 N–H and O–H groups in total. The Morgan fingerprint density at radius 3 is 2.67 bits per heavy atom. The molecule has 0 atom stereocenters. The Bertz CT molecular complexity index is 753. The number of esters is 1. The minimum absolute atomic E-state index is 0.353. The summed E-state index contributed by atoms with van der Waals surface area (Å²) in [6.45, 7) is 1.62. The lowest BCUT2D eigenvalue weighted by atomic mass is 10.1. The van der Waals surface area contributed by atoms with Crippen LogP contribution in [0.1, 0.15) is 11.1 Å². The van der Waals surface area contributed by atoms with Gasteiger partial charge in [0.05, 0.1) is 7.11 Å². The van der Waals surface area contributed by atoms with Crippen LogP contribution in [0.3, 0.4) is 0 Å². The van der Waals surface area contributed by atoms with Crippen LogP contribution in [0.25, 0.3) is 6.08 Å². The van der Waals surface area contributed by atoms with Gasteiger partial charge in [-0.05, 0) is 30.7 Å². The standard InChI is InChI=1S/C19H19NO4/c1-14-5-3-6-15(11-14)9-10-19(22)24-13-18(21)20-16-7-4-8-17(12-16)23-2/h3-12H,13H2,1-2H3,(H,20,21)/b10-9+. The van der Waals surface area contributed by atoms with Gasteiger partial charge >= 0.3 is 5.97 Å². The Labute approximate surface area is 140 Å². The topological polar surface area (TPSA) is 64.6 Å². The van der Waals surface area contributed by atoms with E-state index in [0.29, 0.717) is 11.4 Å². The summed E-state index contributed by atoms with van der Waals surface area (Å²) < 4.78 is 9.99. The number of benzene rings is 2. The number of amides is 1. The van der Waals surface area contributed by atoms with Gasteiger partial charge in [0, 0.05) is 17.8 Å². The summed E-state index contributed by atoms with van der Waals surface area (Å²) in [5.74, 6) is -0.358. The van der Waals surface area contributed by atoms with Crippen molar-refractivity contribution in [3.05, 3.63) is 65.7 Å². The molecule has 5 heteroatoms. The van der Waals surface area contributed by atoms with Gasteiger partial charge < -0.3 is 14.8 Å². The Morgan fingerprint density at radius 1 is 1.12 bits per heavy atom. The Kier molecular flexibility index (Phi) is 6.14. The summed E-state index contributed by atoms with van der Waals surface area (Å²) >= 11 is 0. The number of rotatable bonds is 6. The SMILES string of the molecule is COc1cccc(NC(=O)COC(=O)/C=C/c2cccc(C)c2)c1. The first-order valence-electron chi connectivity index (χ1n) is 7.42. The molecule has 0 aliphatic rings. The predicted molar refractivity (Wildman–Crippen MR) is 92.8 cm³/mol. The van der Waals surface area contributed by atoms with E-state index in [1.54, 1.807) is 37.5 Å².